The molecular formula is C32H43ClN8O5. The number of hydrogen-bond acceptors (Lipinski definition) is 11. The fraction of sp³-hybridized carbons (Fsp3) is 0.531. The summed E-state index contributed by atoms with van der Waals surface area (Å²) in [5.41, 5.74) is 2.45. The molecule has 4 aromatic rings. The molecule has 0 spiro atoms. The van der Waals surface area contributed by atoms with E-state index in [1.54, 1.807) is 30.5 Å². The monoisotopic (exact) mass is 654 g/mol. The lowest BCUT2D eigenvalue weighted by Crippen LogP contribution is -2.20. The first-order valence-corrected chi connectivity index (χ1v) is 16.2. The third-order valence-electron chi connectivity index (χ3n) is 7.52. The Hall–Kier alpha value is -3.78. The zero-order valence-electron chi connectivity index (χ0n) is 26.5. The second-order valence-corrected chi connectivity index (χ2v) is 11.6. The Bertz CT molecular complexity index is 1450. The van der Waals surface area contributed by atoms with Crippen LogP contribution in [0.1, 0.15) is 51.5 Å². The van der Waals surface area contributed by atoms with E-state index in [0.29, 0.717) is 74.8 Å². The molecule has 0 saturated heterocycles. The minimum absolute atomic E-state index is 0.165. The molecule has 0 radical (unpaired) electrons. The SMILES string of the molecule is COCCOCCOCCCOc1nn(C2CCCCC2)cc1Nc1ncc(-c2ccc(Cl)c(O[C@@H](C)Cn3cncn3)c2)cn1. The molecule has 1 atom stereocenters. The number of aromatic nitrogens is 7. The average molecular weight is 655 g/mol. The summed E-state index contributed by atoms with van der Waals surface area (Å²) in [4.78, 5) is 13.1. The van der Waals surface area contributed by atoms with E-state index in [-0.39, 0.29) is 6.10 Å². The number of halogens is 1. The van der Waals surface area contributed by atoms with Crippen LogP contribution in [0, 0.1) is 0 Å². The van der Waals surface area contributed by atoms with Gasteiger partial charge < -0.3 is 29.0 Å². The number of nitrogens with zero attached hydrogens (tertiary/aromatic N) is 7. The number of anilines is 2. The Balaban J connectivity index is 1.19. The van der Waals surface area contributed by atoms with Crippen molar-refractivity contribution in [3.05, 3.63) is 54.5 Å². The van der Waals surface area contributed by atoms with E-state index in [1.165, 1.54) is 25.6 Å². The van der Waals surface area contributed by atoms with Gasteiger partial charge in [0.15, 0.2) is 0 Å². The van der Waals surface area contributed by atoms with Crippen molar-refractivity contribution in [2.24, 2.45) is 0 Å². The fourth-order valence-corrected chi connectivity index (χ4v) is 5.34. The summed E-state index contributed by atoms with van der Waals surface area (Å²) in [6.07, 6.45) is 15.2. The van der Waals surface area contributed by atoms with E-state index < -0.39 is 0 Å². The van der Waals surface area contributed by atoms with Crippen molar-refractivity contribution in [1.82, 2.24) is 34.5 Å². The first-order valence-electron chi connectivity index (χ1n) is 15.8. The lowest BCUT2D eigenvalue weighted by Gasteiger charge is -2.21. The van der Waals surface area contributed by atoms with Gasteiger partial charge in [-0.2, -0.15) is 5.10 Å². The number of rotatable bonds is 19. The maximum absolute atomic E-state index is 6.45. The number of methoxy groups -OCH3 is 1. The van der Waals surface area contributed by atoms with E-state index in [2.05, 4.69) is 25.4 Å². The number of ether oxygens (including phenoxy) is 5. The number of benzene rings is 1. The molecule has 14 heteroatoms. The Morgan fingerprint density at radius 2 is 1.76 bits per heavy atom. The van der Waals surface area contributed by atoms with Gasteiger partial charge in [-0.15, -0.1) is 5.10 Å². The first-order chi connectivity index (χ1) is 22.6. The van der Waals surface area contributed by atoms with Gasteiger partial charge in [0, 0.05) is 38.1 Å². The number of hydrogen-bond donors (Lipinski definition) is 1. The maximum Gasteiger partial charge on any atom is 0.256 e. The summed E-state index contributed by atoms with van der Waals surface area (Å²) >= 11 is 6.45. The highest BCUT2D eigenvalue weighted by atomic mass is 35.5. The average Bonchev–Trinajstić information content (AvgIpc) is 3.74. The Labute approximate surface area is 274 Å². The van der Waals surface area contributed by atoms with Crippen LogP contribution in [0.25, 0.3) is 11.1 Å². The Morgan fingerprint density at radius 3 is 2.52 bits per heavy atom. The van der Waals surface area contributed by atoms with Crippen molar-refractivity contribution in [3.8, 4) is 22.8 Å². The van der Waals surface area contributed by atoms with Crippen LogP contribution in [-0.2, 0) is 20.8 Å². The topological polar surface area (TPSA) is 132 Å². The molecule has 13 nitrogen and oxygen atoms in total. The molecule has 0 amide bonds. The smallest absolute Gasteiger partial charge is 0.256 e. The second kappa shape index (κ2) is 17.8. The first kappa shape index (κ1) is 33.6. The molecule has 1 fully saturated rings. The molecule has 5 rings (SSSR count). The van der Waals surface area contributed by atoms with Gasteiger partial charge in [-0.05, 0) is 37.5 Å². The van der Waals surface area contributed by atoms with Crippen LogP contribution in [0.2, 0.25) is 5.02 Å². The van der Waals surface area contributed by atoms with Gasteiger partial charge >= 0.3 is 0 Å². The molecule has 1 N–H and O–H groups in total. The normalized spacial score (nSPS) is 14.3. The minimum atomic E-state index is -0.165. The van der Waals surface area contributed by atoms with Crippen molar-refractivity contribution >= 4 is 23.2 Å². The van der Waals surface area contributed by atoms with Crippen LogP contribution >= 0.6 is 11.6 Å². The molecule has 1 saturated carbocycles. The summed E-state index contributed by atoms with van der Waals surface area (Å²) in [6.45, 7) is 5.77. The van der Waals surface area contributed by atoms with Crippen molar-refractivity contribution in [1.29, 1.82) is 0 Å². The zero-order chi connectivity index (χ0) is 32.0. The highest BCUT2D eigenvalue weighted by Crippen LogP contribution is 2.34. The molecule has 3 heterocycles. The van der Waals surface area contributed by atoms with Gasteiger partial charge in [0.05, 0.1) is 56.8 Å². The van der Waals surface area contributed by atoms with Crippen LogP contribution in [0.4, 0.5) is 11.6 Å². The molecular weight excluding hydrogens is 612 g/mol. The van der Waals surface area contributed by atoms with E-state index in [9.17, 15) is 0 Å². The quantitative estimate of drug-likeness (QED) is 0.124. The third kappa shape index (κ3) is 10.1. The molecule has 0 aliphatic heterocycles. The molecule has 46 heavy (non-hydrogen) atoms. The largest absolute Gasteiger partial charge is 0.487 e. The summed E-state index contributed by atoms with van der Waals surface area (Å²) in [5.74, 6) is 1.55. The predicted molar refractivity (Wildman–Crippen MR) is 174 cm³/mol. The Kier molecular flexibility index (Phi) is 13.0. The third-order valence-corrected chi connectivity index (χ3v) is 7.84. The second-order valence-electron chi connectivity index (χ2n) is 11.2. The molecule has 1 aliphatic carbocycles. The van der Waals surface area contributed by atoms with E-state index in [4.69, 9.17) is 40.4 Å². The lowest BCUT2D eigenvalue weighted by atomic mass is 9.96. The maximum atomic E-state index is 6.45. The van der Waals surface area contributed by atoms with Crippen LogP contribution in [-0.4, -0.2) is 87.4 Å². The fourth-order valence-electron chi connectivity index (χ4n) is 5.17. The molecule has 0 bridgehead atoms. The molecule has 248 valence electrons. The van der Waals surface area contributed by atoms with Gasteiger partial charge in [0.2, 0.25) is 5.95 Å². The molecule has 1 aromatic carbocycles. The van der Waals surface area contributed by atoms with E-state index in [1.807, 2.05) is 36.0 Å². The molecule has 3 aromatic heterocycles. The van der Waals surface area contributed by atoms with Crippen LogP contribution in [0.5, 0.6) is 11.6 Å². The van der Waals surface area contributed by atoms with Crippen molar-refractivity contribution in [3.63, 3.8) is 0 Å². The Morgan fingerprint density at radius 1 is 0.978 bits per heavy atom. The van der Waals surface area contributed by atoms with Gasteiger partial charge in [-0.1, -0.05) is 36.9 Å². The van der Waals surface area contributed by atoms with Gasteiger partial charge in [-0.3, -0.25) is 4.68 Å². The summed E-state index contributed by atoms with van der Waals surface area (Å²) in [6, 6.07) is 5.98. The van der Waals surface area contributed by atoms with Gasteiger partial charge in [-0.25, -0.2) is 19.6 Å². The van der Waals surface area contributed by atoms with Crippen molar-refractivity contribution in [2.45, 2.75) is 64.1 Å². The number of nitrogens with one attached hydrogen (secondary N) is 1. The molecule has 1 aliphatic rings. The highest BCUT2D eigenvalue weighted by Gasteiger charge is 2.20. The zero-order valence-corrected chi connectivity index (χ0v) is 27.3. The summed E-state index contributed by atoms with van der Waals surface area (Å²) in [5, 5.41) is 12.8. The molecule has 0 unspecified atom stereocenters. The summed E-state index contributed by atoms with van der Waals surface area (Å²) < 4.78 is 32.0. The van der Waals surface area contributed by atoms with E-state index in [0.717, 1.165) is 36.1 Å². The van der Waals surface area contributed by atoms with Gasteiger partial charge in [0.1, 0.15) is 30.2 Å². The van der Waals surface area contributed by atoms with Gasteiger partial charge in [0.25, 0.3) is 5.88 Å². The highest BCUT2D eigenvalue weighted by molar-refractivity contribution is 6.32. The van der Waals surface area contributed by atoms with Crippen LogP contribution in [0.3, 0.4) is 0 Å². The van der Waals surface area contributed by atoms with Crippen molar-refractivity contribution in [2.75, 3.05) is 52.1 Å². The van der Waals surface area contributed by atoms with E-state index >= 15 is 0 Å². The standard InChI is InChI=1S/C32H43ClN8O5/c1-24(20-40-23-34-22-37-40)46-30-17-25(9-10-28(30)33)26-18-35-32(36-19-26)38-29-21-41(27-7-4-3-5-8-27)39-31(29)45-12-6-11-43-15-16-44-14-13-42-2/h9-10,17-19,21-24,27H,3-8,11-16,20H2,1-2H3,(H,35,36,38)/t24-/m0/s1. The lowest BCUT2D eigenvalue weighted by molar-refractivity contribution is 0.0223. The predicted octanol–water partition coefficient (Wildman–Crippen LogP) is 5.75. The summed E-state index contributed by atoms with van der Waals surface area (Å²) in [7, 11) is 1.65. The van der Waals surface area contributed by atoms with Crippen LogP contribution in [0.15, 0.2) is 49.4 Å². The minimum Gasteiger partial charge on any atom is -0.487 e. The van der Waals surface area contributed by atoms with Crippen LogP contribution < -0.4 is 14.8 Å². The van der Waals surface area contributed by atoms with Crippen molar-refractivity contribution < 1.29 is 23.7 Å².